The number of rotatable bonds is 0. The fraction of sp³-hybridized carbons (Fsp3) is 0.278. The Kier molecular flexibility index (Phi) is 3.88. The average Bonchev–Trinajstić information content (AvgIpc) is 3.05. The first-order valence-electron chi connectivity index (χ1n) is 7.92. The number of aryl methyl sites for hydroxylation is 1. The molecule has 1 aliphatic heterocycles. The van der Waals surface area contributed by atoms with Gasteiger partial charge in [0.05, 0.1) is 10.9 Å². The fourth-order valence-corrected chi connectivity index (χ4v) is 3.39. The highest BCUT2D eigenvalue weighted by Gasteiger charge is 2.28. The molecule has 1 aliphatic rings. The fourth-order valence-electron chi connectivity index (χ4n) is 2.90. The minimum absolute atomic E-state index is 0.116. The number of hydrogen-bond acceptors (Lipinski definition) is 6. The summed E-state index contributed by atoms with van der Waals surface area (Å²) in [5.41, 5.74) is 1.18. The minimum atomic E-state index is -1.75. The highest BCUT2D eigenvalue weighted by molar-refractivity contribution is 7.10. The van der Waals surface area contributed by atoms with Crippen LogP contribution in [0.4, 0.5) is 0 Å². The molecule has 0 saturated carbocycles. The largest absolute Gasteiger partial charge is 0.366 e. The van der Waals surface area contributed by atoms with Crippen LogP contribution >= 0.6 is 11.3 Å². The Morgan fingerprint density at radius 3 is 2.92 bits per heavy atom. The van der Waals surface area contributed by atoms with Crippen LogP contribution in [-0.2, 0) is 13.0 Å². The van der Waals surface area contributed by atoms with Crippen LogP contribution in [0.15, 0.2) is 34.6 Å². The van der Waals surface area contributed by atoms with Crippen molar-refractivity contribution in [2.75, 3.05) is 0 Å². The summed E-state index contributed by atoms with van der Waals surface area (Å²) in [5.74, 6) is 4.84. The lowest BCUT2D eigenvalue weighted by Gasteiger charge is -2.17. The normalized spacial score (nSPS) is 15.9. The first-order chi connectivity index (χ1) is 12.0. The summed E-state index contributed by atoms with van der Waals surface area (Å²) in [7, 11) is 0. The highest BCUT2D eigenvalue weighted by Crippen LogP contribution is 2.21. The molecule has 0 bridgehead atoms. The number of fused-ring (bicyclic) bond motifs is 2. The molecule has 4 rings (SSSR count). The van der Waals surface area contributed by atoms with Gasteiger partial charge in [-0.2, -0.15) is 0 Å². The van der Waals surface area contributed by atoms with E-state index in [1.165, 1.54) is 15.9 Å². The van der Waals surface area contributed by atoms with E-state index in [2.05, 4.69) is 21.8 Å². The summed E-state index contributed by atoms with van der Waals surface area (Å²) in [6.07, 6.45) is 2.32. The van der Waals surface area contributed by atoms with Crippen molar-refractivity contribution in [2.24, 2.45) is 0 Å². The summed E-state index contributed by atoms with van der Waals surface area (Å²) >= 11 is 1.47. The second-order valence-electron chi connectivity index (χ2n) is 6.04. The van der Waals surface area contributed by atoms with Crippen molar-refractivity contribution in [3.05, 3.63) is 56.5 Å². The first kappa shape index (κ1) is 16.0. The van der Waals surface area contributed by atoms with Crippen molar-refractivity contribution in [2.45, 2.75) is 31.6 Å². The van der Waals surface area contributed by atoms with Crippen molar-refractivity contribution >= 4 is 22.2 Å². The Balaban J connectivity index is 1.78. The van der Waals surface area contributed by atoms with Crippen LogP contribution in [0.3, 0.4) is 0 Å². The molecule has 3 aromatic rings. The summed E-state index contributed by atoms with van der Waals surface area (Å²) in [5, 5.41) is 22.8. The lowest BCUT2D eigenvalue weighted by Crippen LogP contribution is -2.29. The van der Waals surface area contributed by atoms with E-state index in [1.807, 2.05) is 5.38 Å². The maximum Gasteiger partial charge on any atom is 0.261 e. The third kappa shape index (κ3) is 3.20. The summed E-state index contributed by atoms with van der Waals surface area (Å²) in [4.78, 5) is 21.4. The number of aliphatic hydroxyl groups is 2. The van der Waals surface area contributed by atoms with Gasteiger partial charge < -0.3 is 10.2 Å². The van der Waals surface area contributed by atoms with Crippen LogP contribution in [0.5, 0.6) is 0 Å². The third-order valence-corrected chi connectivity index (χ3v) is 4.95. The summed E-state index contributed by atoms with van der Waals surface area (Å²) < 4.78 is 1.54. The van der Waals surface area contributed by atoms with Crippen molar-refractivity contribution in [1.29, 1.82) is 0 Å². The summed E-state index contributed by atoms with van der Waals surface area (Å²) in [6, 6.07) is 5.30. The molecular formula is C18H15N3O3S. The van der Waals surface area contributed by atoms with Gasteiger partial charge in [-0.3, -0.25) is 9.36 Å². The van der Waals surface area contributed by atoms with Gasteiger partial charge in [-0.25, -0.2) is 9.97 Å². The molecule has 1 aromatic carbocycles. The lowest BCUT2D eigenvalue weighted by molar-refractivity contribution is -0.169. The van der Waals surface area contributed by atoms with Gasteiger partial charge in [0.1, 0.15) is 5.82 Å². The van der Waals surface area contributed by atoms with Crippen LogP contribution in [0.2, 0.25) is 0 Å². The average molecular weight is 353 g/mol. The first-order valence-corrected chi connectivity index (χ1v) is 8.80. The van der Waals surface area contributed by atoms with E-state index in [0.29, 0.717) is 23.1 Å². The lowest BCUT2D eigenvalue weighted by atomic mass is 10.1. The predicted octanol–water partition coefficient (Wildman–Crippen LogP) is 1.27. The molecule has 0 unspecified atom stereocenters. The molecule has 0 atom stereocenters. The van der Waals surface area contributed by atoms with E-state index in [9.17, 15) is 15.0 Å². The molecule has 0 amide bonds. The zero-order valence-electron chi connectivity index (χ0n) is 13.3. The van der Waals surface area contributed by atoms with Gasteiger partial charge >= 0.3 is 0 Å². The molecule has 126 valence electrons. The molecule has 0 radical (unpaired) electrons. The van der Waals surface area contributed by atoms with Gasteiger partial charge in [0, 0.05) is 42.9 Å². The Hall–Kier alpha value is -2.53. The Bertz CT molecular complexity index is 1060. The molecule has 3 heterocycles. The van der Waals surface area contributed by atoms with Crippen molar-refractivity contribution < 1.29 is 10.2 Å². The van der Waals surface area contributed by atoms with Gasteiger partial charge in [0.15, 0.2) is 10.8 Å². The Morgan fingerprint density at radius 2 is 2.12 bits per heavy atom. The zero-order valence-corrected chi connectivity index (χ0v) is 14.1. The zero-order chi connectivity index (χ0) is 17.4. The van der Waals surface area contributed by atoms with Crippen molar-refractivity contribution in [1.82, 2.24) is 14.5 Å². The molecular weight excluding hydrogens is 338 g/mol. The number of aromatic nitrogens is 3. The summed E-state index contributed by atoms with van der Waals surface area (Å²) in [6.45, 7) is 0.246. The SMILES string of the molecule is O=c1c2ccc(C#Cc3nccs3)cc2nc2n1CCC(O)(O)CC2. The van der Waals surface area contributed by atoms with Crippen LogP contribution in [-0.4, -0.2) is 30.5 Å². The number of thiazole rings is 1. The molecule has 2 N–H and O–H groups in total. The van der Waals surface area contributed by atoms with Crippen LogP contribution < -0.4 is 5.56 Å². The van der Waals surface area contributed by atoms with Crippen LogP contribution in [0.25, 0.3) is 10.9 Å². The predicted molar refractivity (Wildman–Crippen MR) is 94.2 cm³/mol. The van der Waals surface area contributed by atoms with E-state index in [-0.39, 0.29) is 24.9 Å². The van der Waals surface area contributed by atoms with Crippen molar-refractivity contribution in [3.8, 4) is 11.8 Å². The highest BCUT2D eigenvalue weighted by atomic mass is 32.1. The molecule has 2 aromatic heterocycles. The second kappa shape index (κ2) is 6.08. The number of hydrogen-bond donors (Lipinski definition) is 2. The maximum absolute atomic E-state index is 12.7. The van der Waals surface area contributed by atoms with E-state index in [1.54, 1.807) is 24.4 Å². The standard InChI is InChI=1S/C18H15N3O3S/c22-17-13-3-1-12(2-4-16-19-8-10-25-16)11-14(13)20-15-5-6-18(23,24)7-9-21(15)17/h1,3,8,10-11,23-24H,5-7,9H2. The quantitative estimate of drug-likeness (QED) is 0.469. The molecule has 0 saturated heterocycles. The number of nitrogens with zero attached hydrogens (tertiary/aromatic N) is 3. The van der Waals surface area contributed by atoms with Gasteiger partial charge in [-0.15, -0.1) is 11.3 Å². The molecule has 0 spiro atoms. The van der Waals surface area contributed by atoms with Gasteiger partial charge in [-0.1, -0.05) is 5.92 Å². The van der Waals surface area contributed by atoms with E-state index in [0.717, 1.165) is 10.6 Å². The van der Waals surface area contributed by atoms with E-state index in [4.69, 9.17) is 0 Å². The molecule has 0 fully saturated rings. The molecule has 25 heavy (non-hydrogen) atoms. The maximum atomic E-state index is 12.7. The van der Waals surface area contributed by atoms with E-state index < -0.39 is 5.79 Å². The topological polar surface area (TPSA) is 88.2 Å². The molecule has 6 nitrogen and oxygen atoms in total. The smallest absolute Gasteiger partial charge is 0.261 e. The minimum Gasteiger partial charge on any atom is -0.366 e. The Labute approximate surface area is 147 Å². The molecule has 7 heteroatoms. The molecule has 0 aliphatic carbocycles. The number of benzene rings is 1. The van der Waals surface area contributed by atoms with Gasteiger partial charge in [0.2, 0.25) is 0 Å². The monoisotopic (exact) mass is 353 g/mol. The Morgan fingerprint density at radius 1 is 1.24 bits per heavy atom. The van der Waals surface area contributed by atoms with Crippen LogP contribution in [0.1, 0.15) is 29.2 Å². The van der Waals surface area contributed by atoms with Crippen LogP contribution in [0, 0.1) is 11.8 Å². The van der Waals surface area contributed by atoms with E-state index >= 15 is 0 Å². The second-order valence-corrected chi connectivity index (χ2v) is 6.93. The third-order valence-electron chi connectivity index (χ3n) is 4.27. The van der Waals surface area contributed by atoms with Gasteiger partial charge in [-0.05, 0) is 24.1 Å². The van der Waals surface area contributed by atoms with Crippen molar-refractivity contribution in [3.63, 3.8) is 0 Å². The van der Waals surface area contributed by atoms with Gasteiger partial charge in [0.25, 0.3) is 5.56 Å².